The molecule has 2 aromatic carbocycles. The van der Waals surface area contributed by atoms with Gasteiger partial charge in [-0.2, -0.15) is 0 Å². The maximum atomic E-state index is 6.10. The van der Waals surface area contributed by atoms with Crippen LogP contribution in [0.2, 0.25) is 5.02 Å². The van der Waals surface area contributed by atoms with Gasteiger partial charge in [0.25, 0.3) is 0 Å². The SMILES string of the molecule is CCCCn1nnnc1CSc1nnc(Cc2ccccc2)n1-c1ccc(Cl)cc1. The number of thioether (sulfide) groups is 1. The van der Waals surface area contributed by atoms with Crippen LogP contribution in [0.5, 0.6) is 0 Å². The average molecular weight is 440 g/mol. The van der Waals surface area contributed by atoms with E-state index in [2.05, 4.69) is 49.3 Å². The standard InChI is InChI=1S/C21H22ClN7S/c1-2-3-13-28-20(24-26-27-28)15-30-21-25-23-19(14-16-7-5-4-6-8-16)29(21)18-11-9-17(22)10-12-18/h4-12H,2-3,13-15H2,1H3. The number of hydrogen-bond donors (Lipinski definition) is 0. The molecular weight excluding hydrogens is 418 g/mol. The summed E-state index contributed by atoms with van der Waals surface area (Å²) in [7, 11) is 0. The van der Waals surface area contributed by atoms with Gasteiger partial charge in [-0.25, -0.2) is 4.68 Å². The highest BCUT2D eigenvalue weighted by Gasteiger charge is 2.17. The maximum absolute atomic E-state index is 6.10. The predicted molar refractivity (Wildman–Crippen MR) is 118 cm³/mol. The topological polar surface area (TPSA) is 74.3 Å². The van der Waals surface area contributed by atoms with Crippen LogP contribution in [0.15, 0.2) is 59.8 Å². The summed E-state index contributed by atoms with van der Waals surface area (Å²) in [6.07, 6.45) is 2.83. The molecule has 9 heteroatoms. The van der Waals surface area contributed by atoms with Crippen LogP contribution in [-0.2, 0) is 18.7 Å². The molecule has 2 heterocycles. The highest BCUT2D eigenvalue weighted by molar-refractivity contribution is 7.98. The number of tetrazole rings is 1. The number of aromatic nitrogens is 7. The summed E-state index contributed by atoms with van der Waals surface area (Å²) >= 11 is 7.68. The molecule has 7 nitrogen and oxygen atoms in total. The zero-order valence-electron chi connectivity index (χ0n) is 16.6. The molecular formula is C21H22ClN7S. The minimum atomic E-state index is 0.619. The molecule has 0 aliphatic rings. The van der Waals surface area contributed by atoms with Crippen molar-refractivity contribution in [2.24, 2.45) is 0 Å². The number of nitrogens with zero attached hydrogens (tertiary/aromatic N) is 7. The summed E-state index contributed by atoms with van der Waals surface area (Å²) < 4.78 is 3.94. The van der Waals surface area contributed by atoms with Crippen molar-refractivity contribution < 1.29 is 0 Å². The molecule has 4 aromatic rings. The minimum Gasteiger partial charge on any atom is -0.274 e. The average Bonchev–Trinajstić information content (AvgIpc) is 3.38. The summed E-state index contributed by atoms with van der Waals surface area (Å²) in [6, 6.07) is 18.0. The maximum Gasteiger partial charge on any atom is 0.196 e. The number of halogens is 1. The van der Waals surface area contributed by atoms with Crippen molar-refractivity contribution in [1.29, 1.82) is 0 Å². The zero-order chi connectivity index (χ0) is 20.8. The quantitative estimate of drug-likeness (QED) is 0.355. The molecule has 0 bridgehead atoms. The van der Waals surface area contributed by atoms with Gasteiger partial charge in [0.2, 0.25) is 0 Å². The summed E-state index contributed by atoms with van der Waals surface area (Å²) in [6.45, 7) is 2.98. The van der Waals surface area contributed by atoms with E-state index in [-0.39, 0.29) is 0 Å². The Bertz CT molecular complexity index is 1080. The molecule has 2 aromatic heterocycles. The largest absolute Gasteiger partial charge is 0.274 e. The molecule has 0 aliphatic carbocycles. The van der Waals surface area contributed by atoms with E-state index in [9.17, 15) is 0 Å². The number of rotatable bonds is 9. The molecule has 30 heavy (non-hydrogen) atoms. The summed E-state index contributed by atoms with van der Waals surface area (Å²) in [5, 5.41) is 22.6. The van der Waals surface area contributed by atoms with Crippen molar-refractivity contribution in [3.63, 3.8) is 0 Å². The normalized spacial score (nSPS) is 11.1. The molecule has 0 radical (unpaired) electrons. The first-order chi connectivity index (χ1) is 14.7. The minimum absolute atomic E-state index is 0.619. The second kappa shape index (κ2) is 9.86. The van der Waals surface area contributed by atoms with Gasteiger partial charge in [-0.1, -0.05) is 67.0 Å². The van der Waals surface area contributed by atoms with Gasteiger partial charge in [-0.3, -0.25) is 4.57 Å². The monoisotopic (exact) mass is 439 g/mol. The van der Waals surface area contributed by atoms with Crippen LogP contribution in [0.3, 0.4) is 0 Å². The van der Waals surface area contributed by atoms with Crippen molar-refractivity contribution in [2.45, 2.75) is 43.6 Å². The van der Waals surface area contributed by atoms with Crippen molar-refractivity contribution in [2.75, 3.05) is 0 Å². The molecule has 0 saturated carbocycles. The third-order valence-electron chi connectivity index (χ3n) is 4.65. The first-order valence-electron chi connectivity index (χ1n) is 9.86. The second-order valence-electron chi connectivity index (χ2n) is 6.83. The molecule has 0 atom stereocenters. The van der Waals surface area contributed by atoms with Gasteiger partial charge in [-0.15, -0.1) is 15.3 Å². The molecule has 4 rings (SSSR count). The summed E-state index contributed by atoms with van der Waals surface area (Å²) in [5.74, 6) is 2.33. The third kappa shape index (κ3) is 4.88. The van der Waals surface area contributed by atoms with Crippen LogP contribution >= 0.6 is 23.4 Å². The fourth-order valence-electron chi connectivity index (χ4n) is 3.07. The van der Waals surface area contributed by atoms with Crippen molar-refractivity contribution in [1.82, 2.24) is 35.0 Å². The molecule has 0 N–H and O–H groups in total. The Labute approximate surface area is 184 Å². The summed E-state index contributed by atoms with van der Waals surface area (Å²) in [5.41, 5.74) is 2.16. The van der Waals surface area contributed by atoms with Gasteiger partial charge in [0.05, 0.1) is 5.75 Å². The van der Waals surface area contributed by atoms with E-state index < -0.39 is 0 Å². The Morgan fingerprint density at radius 3 is 2.50 bits per heavy atom. The van der Waals surface area contributed by atoms with Crippen LogP contribution in [0.25, 0.3) is 5.69 Å². The van der Waals surface area contributed by atoms with E-state index in [1.165, 1.54) is 5.56 Å². The molecule has 154 valence electrons. The second-order valence-corrected chi connectivity index (χ2v) is 8.21. The van der Waals surface area contributed by atoms with E-state index in [1.807, 2.05) is 47.1 Å². The van der Waals surface area contributed by atoms with Crippen LogP contribution in [-0.4, -0.2) is 35.0 Å². The highest BCUT2D eigenvalue weighted by Crippen LogP contribution is 2.26. The zero-order valence-corrected chi connectivity index (χ0v) is 18.2. The lowest BCUT2D eigenvalue weighted by atomic mass is 10.1. The first kappa shape index (κ1) is 20.6. The highest BCUT2D eigenvalue weighted by atomic mass is 35.5. The smallest absolute Gasteiger partial charge is 0.196 e. The number of hydrogen-bond acceptors (Lipinski definition) is 6. The fourth-order valence-corrected chi connectivity index (χ4v) is 4.10. The molecule has 0 aliphatic heterocycles. The molecule has 0 spiro atoms. The van der Waals surface area contributed by atoms with Gasteiger partial charge < -0.3 is 0 Å². The van der Waals surface area contributed by atoms with Crippen LogP contribution in [0, 0.1) is 0 Å². The van der Waals surface area contributed by atoms with Crippen molar-refractivity contribution >= 4 is 23.4 Å². The Kier molecular flexibility index (Phi) is 6.76. The Hall–Kier alpha value is -2.71. The Balaban J connectivity index is 1.61. The number of unbranched alkanes of at least 4 members (excludes halogenated alkanes) is 1. The Morgan fingerprint density at radius 1 is 0.933 bits per heavy atom. The van der Waals surface area contributed by atoms with Gasteiger partial charge in [-0.05, 0) is 46.7 Å². The first-order valence-corrected chi connectivity index (χ1v) is 11.2. The predicted octanol–water partition coefficient (Wildman–Crippen LogP) is 4.59. The van der Waals surface area contributed by atoms with Gasteiger partial charge in [0.1, 0.15) is 5.82 Å². The number of benzene rings is 2. The lowest BCUT2D eigenvalue weighted by Crippen LogP contribution is -2.06. The Morgan fingerprint density at radius 2 is 1.73 bits per heavy atom. The van der Waals surface area contributed by atoms with E-state index in [0.717, 1.165) is 41.9 Å². The van der Waals surface area contributed by atoms with E-state index >= 15 is 0 Å². The molecule has 0 unspecified atom stereocenters. The lowest BCUT2D eigenvalue weighted by molar-refractivity contribution is 0.540. The van der Waals surface area contributed by atoms with Crippen LogP contribution in [0.1, 0.15) is 37.0 Å². The fraction of sp³-hybridized carbons (Fsp3) is 0.286. The van der Waals surface area contributed by atoms with Gasteiger partial charge >= 0.3 is 0 Å². The van der Waals surface area contributed by atoms with E-state index in [0.29, 0.717) is 17.2 Å². The summed E-state index contributed by atoms with van der Waals surface area (Å²) in [4.78, 5) is 0. The molecule has 0 amide bonds. The molecule has 0 fully saturated rings. The van der Waals surface area contributed by atoms with Crippen molar-refractivity contribution in [3.05, 3.63) is 76.8 Å². The van der Waals surface area contributed by atoms with E-state index in [1.54, 1.807) is 11.8 Å². The van der Waals surface area contributed by atoms with Gasteiger partial charge in [0.15, 0.2) is 11.0 Å². The van der Waals surface area contributed by atoms with Gasteiger partial charge in [0, 0.05) is 23.7 Å². The lowest BCUT2D eigenvalue weighted by Gasteiger charge is -2.10. The number of aryl methyl sites for hydroxylation is 1. The van der Waals surface area contributed by atoms with Crippen LogP contribution in [0.4, 0.5) is 0 Å². The van der Waals surface area contributed by atoms with Crippen LogP contribution < -0.4 is 0 Å². The molecule has 0 saturated heterocycles. The van der Waals surface area contributed by atoms with Crippen molar-refractivity contribution in [3.8, 4) is 5.69 Å². The third-order valence-corrected chi connectivity index (χ3v) is 5.83. The van der Waals surface area contributed by atoms with E-state index in [4.69, 9.17) is 11.6 Å².